The molecule has 2 heterocycles. The number of hydrogen-bond donors (Lipinski definition) is 3. The van der Waals surface area contributed by atoms with Crippen molar-refractivity contribution in [3.05, 3.63) is 123 Å². The molecule has 0 fully saturated rings. The zero-order chi connectivity index (χ0) is 38.8. The van der Waals surface area contributed by atoms with Crippen molar-refractivity contribution in [1.29, 1.82) is 0 Å². The summed E-state index contributed by atoms with van der Waals surface area (Å²) in [7, 11) is -1.48. The first-order chi connectivity index (χ1) is 24.4. The normalized spacial score (nSPS) is 11.3. The van der Waals surface area contributed by atoms with Crippen LogP contribution in [0.1, 0.15) is 29.4 Å². The molecule has 2 aromatic heterocycles. The molecule has 0 amide bonds. The van der Waals surface area contributed by atoms with E-state index in [0.29, 0.717) is 38.2 Å². The number of hydrogen-bond acceptors (Lipinski definition) is 8. The fourth-order valence-corrected chi connectivity index (χ4v) is 4.95. The van der Waals surface area contributed by atoms with Gasteiger partial charge in [-0.1, -0.05) is 83.3 Å². The van der Waals surface area contributed by atoms with Crippen LogP contribution in [0.5, 0.6) is 0 Å². The highest BCUT2D eigenvalue weighted by atomic mass is 35.5. The van der Waals surface area contributed by atoms with Crippen molar-refractivity contribution in [1.82, 2.24) is 19.9 Å². The number of aryl methyl sites for hydroxylation is 2. The summed E-state index contributed by atoms with van der Waals surface area (Å²) in [6.45, 7) is 4.93. The third-order valence-electron chi connectivity index (χ3n) is 6.72. The van der Waals surface area contributed by atoms with Crippen molar-refractivity contribution in [2.24, 2.45) is 5.16 Å². The predicted octanol–water partition coefficient (Wildman–Crippen LogP) is 9.37. The summed E-state index contributed by atoms with van der Waals surface area (Å²) in [5.74, 6) is 0. The van der Waals surface area contributed by atoms with E-state index in [4.69, 9.17) is 50.1 Å². The van der Waals surface area contributed by atoms with Crippen LogP contribution in [0.2, 0.25) is 15.2 Å². The van der Waals surface area contributed by atoms with Crippen molar-refractivity contribution in [3.8, 4) is 11.3 Å². The van der Waals surface area contributed by atoms with Crippen molar-refractivity contribution < 1.29 is 41.6 Å². The highest BCUT2D eigenvalue weighted by Gasteiger charge is 2.34. The maximum Gasteiger partial charge on any atom is 0.489 e. The molecule has 8 nitrogen and oxygen atoms in total. The van der Waals surface area contributed by atoms with Gasteiger partial charge in [-0.15, -0.1) is 5.16 Å². The second kappa shape index (κ2) is 18.3. The van der Waals surface area contributed by atoms with Gasteiger partial charge in [-0.2, -0.15) is 26.3 Å². The monoisotopic (exact) mass is 783 g/mol. The molecule has 0 spiro atoms. The molecule has 0 radical (unpaired) electrons. The van der Waals surface area contributed by atoms with Crippen LogP contribution in [0, 0.1) is 13.8 Å². The highest BCUT2D eigenvalue weighted by Crippen LogP contribution is 2.36. The van der Waals surface area contributed by atoms with Crippen LogP contribution in [-0.2, 0) is 12.4 Å². The number of alkyl halides is 6. The molecule has 52 heavy (non-hydrogen) atoms. The van der Waals surface area contributed by atoms with E-state index in [1.165, 1.54) is 30.5 Å². The number of rotatable bonds is 2. The molecule has 0 bridgehead atoms. The molecule has 0 aliphatic heterocycles. The number of halogens is 9. The molecule has 0 atom stereocenters. The maximum absolute atomic E-state index is 13.1. The summed E-state index contributed by atoms with van der Waals surface area (Å²) in [6.07, 6.45) is -7.63. The van der Waals surface area contributed by atoms with Gasteiger partial charge in [-0.25, -0.2) is 19.9 Å². The summed E-state index contributed by atoms with van der Waals surface area (Å²) >= 11 is 17.4. The van der Waals surface area contributed by atoms with Gasteiger partial charge in [0.2, 0.25) is 0 Å². The van der Waals surface area contributed by atoms with E-state index >= 15 is 0 Å². The van der Waals surface area contributed by atoms with Gasteiger partial charge in [-0.05, 0) is 57.2 Å². The lowest BCUT2D eigenvalue weighted by Crippen LogP contribution is -2.30. The molecule has 0 saturated heterocycles. The quantitative estimate of drug-likeness (QED) is 0.0526. The van der Waals surface area contributed by atoms with Gasteiger partial charge in [-0.3, -0.25) is 0 Å². The molecule has 3 N–H and O–H groups in total. The fourth-order valence-electron chi connectivity index (χ4n) is 4.36. The number of nitrogens with zero attached hydrogens (tertiary/aromatic N) is 5. The first-order valence-corrected chi connectivity index (χ1v) is 15.9. The Balaban J connectivity index is 0.000000212. The van der Waals surface area contributed by atoms with E-state index in [1.54, 1.807) is 69.3 Å². The molecule has 0 aliphatic rings. The maximum atomic E-state index is 13.1. The van der Waals surface area contributed by atoms with Crippen LogP contribution in [0.25, 0.3) is 33.3 Å². The van der Waals surface area contributed by atoms with Gasteiger partial charge < -0.3 is 15.3 Å². The largest absolute Gasteiger partial charge is 0.489 e. The van der Waals surface area contributed by atoms with Crippen LogP contribution in [0.3, 0.4) is 0 Å². The topological polar surface area (TPSA) is 125 Å². The standard InChI is InChI=1S/C16H10ClF3N2.C10H6ClF3N2.C6H6BClO2.C2H5NO/c1-9-14(10-5-2-3-7-12(10)17)22-15-11(16(18,19)20)6-4-8-13(15)21-9;1-5-9(11)16-8-6(10(12,13)14)3-2-4-7(8)15-5;8-6-4-2-1-3-5(6)7(9)10;1-2-3-4/h2-8H,1H3;2-4H,1H3;1-4,9-10H;2,4H,1H3/b;;;3-2+. The first-order valence-electron chi connectivity index (χ1n) is 14.7. The minimum absolute atomic E-state index is 0.01000. The Morgan fingerprint density at radius 3 is 1.54 bits per heavy atom. The summed E-state index contributed by atoms with van der Waals surface area (Å²) < 4.78 is 77.3. The predicted molar refractivity (Wildman–Crippen MR) is 191 cm³/mol. The molecule has 18 heteroatoms. The number of aromatic nitrogens is 4. The first kappa shape index (κ1) is 41.9. The van der Waals surface area contributed by atoms with Crippen LogP contribution >= 0.6 is 34.8 Å². The van der Waals surface area contributed by atoms with E-state index in [0.717, 1.165) is 12.1 Å². The molecule has 272 valence electrons. The Hall–Kier alpha value is -4.54. The van der Waals surface area contributed by atoms with E-state index in [1.807, 2.05) is 0 Å². The van der Waals surface area contributed by atoms with Gasteiger partial charge >= 0.3 is 19.5 Å². The Kier molecular flexibility index (Phi) is 14.7. The highest BCUT2D eigenvalue weighted by molar-refractivity contribution is 6.62. The summed E-state index contributed by atoms with van der Waals surface area (Å²) in [5.41, 5.74) is 0.589. The van der Waals surface area contributed by atoms with Gasteiger partial charge in [0.1, 0.15) is 11.0 Å². The van der Waals surface area contributed by atoms with Crippen LogP contribution in [0.4, 0.5) is 26.3 Å². The third-order valence-corrected chi connectivity index (χ3v) is 7.75. The second-order valence-electron chi connectivity index (χ2n) is 10.3. The number of para-hydroxylation sites is 2. The zero-order valence-electron chi connectivity index (χ0n) is 27.2. The Bertz CT molecular complexity index is 2170. The Morgan fingerprint density at radius 1 is 0.635 bits per heavy atom. The lowest BCUT2D eigenvalue weighted by molar-refractivity contribution is -0.137. The second-order valence-corrected chi connectivity index (χ2v) is 11.5. The molecule has 0 saturated carbocycles. The third kappa shape index (κ3) is 11.0. The SMILES string of the molecule is C/C=N/O.Cc1nc2cccc(C(F)(F)F)c2nc1-c1ccccc1Cl.Cc1nc2cccc(C(F)(F)F)c2nc1Cl.OB(O)c1ccccc1Cl. The Labute approximate surface area is 308 Å². The van der Waals surface area contributed by atoms with Crippen molar-refractivity contribution in [2.45, 2.75) is 33.1 Å². The Morgan fingerprint density at radius 2 is 1.10 bits per heavy atom. The summed E-state index contributed by atoms with van der Waals surface area (Å²) in [4.78, 5) is 16.1. The number of oxime groups is 1. The molecule has 0 unspecified atom stereocenters. The minimum atomic E-state index is -4.48. The fraction of sp³-hybridized carbons (Fsp3) is 0.147. The van der Waals surface area contributed by atoms with Gasteiger partial charge in [0.25, 0.3) is 0 Å². The number of fused-ring (bicyclic) bond motifs is 2. The molecular weight excluding hydrogens is 758 g/mol. The average molecular weight is 785 g/mol. The van der Waals surface area contributed by atoms with E-state index in [-0.39, 0.29) is 27.2 Å². The van der Waals surface area contributed by atoms with Gasteiger partial charge in [0, 0.05) is 22.3 Å². The molecule has 6 aromatic rings. The van der Waals surface area contributed by atoms with Crippen molar-refractivity contribution in [3.63, 3.8) is 0 Å². The lowest BCUT2D eigenvalue weighted by Gasteiger charge is -2.12. The molecule has 4 aromatic carbocycles. The molecule has 6 rings (SSSR count). The molecule has 0 aliphatic carbocycles. The summed E-state index contributed by atoms with van der Waals surface area (Å²) in [5, 5.41) is 28.2. The van der Waals surface area contributed by atoms with Gasteiger partial charge in [0.15, 0.2) is 5.15 Å². The average Bonchev–Trinajstić information content (AvgIpc) is 3.08. The minimum Gasteiger partial charge on any atom is -0.423 e. The smallest absolute Gasteiger partial charge is 0.423 e. The van der Waals surface area contributed by atoms with Crippen molar-refractivity contribution in [2.75, 3.05) is 0 Å². The van der Waals surface area contributed by atoms with E-state index < -0.39 is 30.6 Å². The summed E-state index contributed by atoms with van der Waals surface area (Å²) in [6, 6.07) is 21.0. The van der Waals surface area contributed by atoms with Crippen LogP contribution < -0.4 is 5.46 Å². The van der Waals surface area contributed by atoms with E-state index in [2.05, 4.69) is 25.1 Å². The van der Waals surface area contributed by atoms with Crippen LogP contribution in [-0.4, -0.2) is 48.5 Å². The molecular formula is C34H27BCl3F6N5O3. The van der Waals surface area contributed by atoms with Crippen LogP contribution in [0.15, 0.2) is 90.1 Å². The zero-order valence-corrected chi connectivity index (χ0v) is 29.5. The van der Waals surface area contributed by atoms with Crippen molar-refractivity contribution >= 4 is 75.7 Å². The van der Waals surface area contributed by atoms with Gasteiger partial charge in [0.05, 0.1) is 44.3 Å². The van der Waals surface area contributed by atoms with E-state index in [9.17, 15) is 26.3 Å². The number of benzene rings is 4. The lowest BCUT2D eigenvalue weighted by atomic mass is 9.80.